The Balaban J connectivity index is 1.84. The largest absolute Gasteiger partial charge is 0.476 e. The molecule has 1 aliphatic heterocycles. The summed E-state index contributed by atoms with van der Waals surface area (Å²) in [5.41, 5.74) is 3.41. The number of nitrogens with zero attached hydrogens (tertiary/aromatic N) is 2. The molecular formula is C14H19N3O4. The Kier molecular flexibility index (Phi) is 5.51. The van der Waals surface area contributed by atoms with Crippen molar-refractivity contribution in [1.82, 2.24) is 15.4 Å². The van der Waals surface area contributed by atoms with Gasteiger partial charge in [-0.2, -0.15) is 0 Å². The van der Waals surface area contributed by atoms with Crippen LogP contribution in [-0.4, -0.2) is 48.2 Å². The minimum absolute atomic E-state index is 0.0677. The average molecular weight is 293 g/mol. The number of nitrogens with one attached hydrogen (secondary N) is 1. The first-order chi connectivity index (χ1) is 10.2. The summed E-state index contributed by atoms with van der Waals surface area (Å²) in [5.74, 6) is 0.000667. The minimum Gasteiger partial charge on any atom is -0.476 e. The van der Waals surface area contributed by atoms with Crippen molar-refractivity contribution in [2.24, 2.45) is 0 Å². The molecule has 7 heteroatoms. The zero-order valence-electron chi connectivity index (χ0n) is 12.0. The highest BCUT2D eigenvalue weighted by molar-refractivity contribution is 5.89. The summed E-state index contributed by atoms with van der Waals surface area (Å²) < 4.78 is 10.4. The molecule has 1 aromatic rings. The number of hydrazine groups is 1. The molecule has 1 saturated heterocycles. The van der Waals surface area contributed by atoms with Crippen LogP contribution in [-0.2, 0) is 9.53 Å². The molecule has 1 fully saturated rings. The van der Waals surface area contributed by atoms with Crippen LogP contribution in [0.4, 0.5) is 0 Å². The lowest BCUT2D eigenvalue weighted by Crippen LogP contribution is -2.48. The molecule has 21 heavy (non-hydrogen) atoms. The first kappa shape index (κ1) is 15.2. The van der Waals surface area contributed by atoms with E-state index in [0.717, 1.165) is 13.0 Å². The van der Waals surface area contributed by atoms with Gasteiger partial charge in [0.15, 0.2) is 0 Å². The average Bonchev–Trinajstić information content (AvgIpc) is 2.50. The van der Waals surface area contributed by atoms with Crippen LogP contribution >= 0.6 is 0 Å². The van der Waals surface area contributed by atoms with Crippen molar-refractivity contribution in [1.29, 1.82) is 0 Å². The molecule has 0 saturated carbocycles. The second-order valence-electron chi connectivity index (χ2n) is 4.51. The molecule has 0 aliphatic carbocycles. The van der Waals surface area contributed by atoms with E-state index in [-0.39, 0.29) is 5.91 Å². The fourth-order valence-corrected chi connectivity index (χ4v) is 1.95. The van der Waals surface area contributed by atoms with E-state index in [9.17, 15) is 9.59 Å². The Morgan fingerprint density at radius 1 is 1.52 bits per heavy atom. The van der Waals surface area contributed by atoms with E-state index < -0.39 is 5.97 Å². The SMILES string of the molecule is CCOC(=O)c1ccnc(OCCN2NCCCC2=O)c1. The number of carbonyl (C=O) groups is 2. The molecule has 1 aliphatic rings. The van der Waals surface area contributed by atoms with E-state index >= 15 is 0 Å². The van der Waals surface area contributed by atoms with Gasteiger partial charge in [0.1, 0.15) is 6.61 Å². The minimum atomic E-state index is -0.405. The van der Waals surface area contributed by atoms with Gasteiger partial charge in [-0.1, -0.05) is 0 Å². The van der Waals surface area contributed by atoms with Crippen molar-refractivity contribution in [2.75, 3.05) is 26.3 Å². The maximum Gasteiger partial charge on any atom is 0.338 e. The summed E-state index contributed by atoms with van der Waals surface area (Å²) in [6.45, 7) is 3.60. The monoisotopic (exact) mass is 293 g/mol. The van der Waals surface area contributed by atoms with Gasteiger partial charge in [0, 0.05) is 25.2 Å². The molecule has 0 spiro atoms. The highest BCUT2D eigenvalue weighted by Crippen LogP contribution is 2.11. The number of pyridine rings is 1. The molecule has 0 unspecified atom stereocenters. The Bertz CT molecular complexity index is 507. The van der Waals surface area contributed by atoms with Gasteiger partial charge in [-0.3, -0.25) is 9.80 Å². The highest BCUT2D eigenvalue weighted by Gasteiger charge is 2.17. The predicted octanol–water partition coefficient (Wildman–Crippen LogP) is 0.764. The van der Waals surface area contributed by atoms with E-state index in [1.807, 2.05) is 0 Å². The Hall–Kier alpha value is -2.15. The number of carbonyl (C=O) groups excluding carboxylic acids is 2. The van der Waals surface area contributed by atoms with Crippen LogP contribution in [0.5, 0.6) is 5.88 Å². The molecule has 0 aromatic carbocycles. The van der Waals surface area contributed by atoms with Gasteiger partial charge in [-0.15, -0.1) is 0 Å². The standard InChI is InChI=1S/C14H19N3O4/c1-2-20-14(19)11-5-7-15-12(10-11)21-9-8-17-13(18)4-3-6-16-17/h5,7,10,16H,2-4,6,8-9H2,1H3. The molecule has 1 aromatic heterocycles. The van der Waals surface area contributed by atoms with Crippen LogP contribution in [0.3, 0.4) is 0 Å². The van der Waals surface area contributed by atoms with Gasteiger partial charge in [0.05, 0.1) is 18.7 Å². The third kappa shape index (κ3) is 4.42. The van der Waals surface area contributed by atoms with E-state index in [1.54, 1.807) is 18.0 Å². The van der Waals surface area contributed by atoms with Gasteiger partial charge >= 0.3 is 5.97 Å². The zero-order chi connectivity index (χ0) is 15.1. The first-order valence-electron chi connectivity index (χ1n) is 7.00. The fourth-order valence-electron chi connectivity index (χ4n) is 1.95. The van der Waals surface area contributed by atoms with Crippen molar-refractivity contribution in [3.05, 3.63) is 23.9 Å². The topological polar surface area (TPSA) is 80.8 Å². The Morgan fingerprint density at radius 2 is 2.38 bits per heavy atom. The summed E-state index contributed by atoms with van der Waals surface area (Å²) >= 11 is 0. The number of aromatic nitrogens is 1. The molecule has 2 rings (SSSR count). The summed E-state index contributed by atoms with van der Waals surface area (Å²) in [6.07, 6.45) is 2.91. The van der Waals surface area contributed by atoms with Crippen molar-refractivity contribution < 1.29 is 19.1 Å². The maximum absolute atomic E-state index is 11.6. The van der Waals surface area contributed by atoms with Gasteiger partial charge in [0.2, 0.25) is 11.8 Å². The Morgan fingerprint density at radius 3 is 3.14 bits per heavy atom. The number of hydrogen-bond acceptors (Lipinski definition) is 6. The lowest BCUT2D eigenvalue weighted by molar-refractivity contribution is -0.137. The normalized spacial score (nSPS) is 14.9. The molecule has 7 nitrogen and oxygen atoms in total. The van der Waals surface area contributed by atoms with Crippen LogP contribution in [0.15, 0.2) is 18.3 Å². The highest BCUT2D eigenvalue weighted by atomic mass is 16.5. The fraction of sp³-hybridized carbons (Fsp3) is 0.500. The molecule has 1 amide bonds. The van der Waals surface area contributed by atoms with Crippen LogP contribution in [0.25, 0.3) is 0 Å². The van der Waals surface area contributed by atoms with Crippen LogP contribution in [0.2, 0.25) is 0 Å². The summed E-state index contributed by atoms with van der Waals surface area (Å²) in [5, 5.41) is 1.55. The molecule has 0 bridgehead atoms. The van der Waals surface area contributed by atoms with E-state index in [2.05, 4.69) is 10.4 Å². The number of ether oxygens (including phenoxy) is 2. The van der Waals surface area contributed by atoms with Crippen molar-refractivity contribution in [3.8, 4) is 5.88 Å². The second-order valence-corrected chi connectivity index (χ2v) is 4.51. The van der Waals surface area contributed by atoms with E-state index in [0.29, 0.717) is 37.6 Å². The number of hydrogen-bond donors (Lipinski definition) is 1. The first-order valence-corrected chi connectivity index (χ1v) is 7.00. The lowest BCUT2D eigenvalue weighted by Gasteiger charge is -2.27. The maximum atomic E-state index is 11.6. The third-order valence-corrected chi connectivity index (χ3v) is 2.98. The summed E-state index contributed by atoms with van der Waals surface area (Å²) in [4.78, 5) is 27.2. The molecule has 0 radical (unpaired) electrons. The van der Waals surface area contributed by atoms with Gasteiger partial charge < -0.3 is 9.47 Å². The van der Waals surface area contributed by atoms with Crippen LogP contribution in [0, 0.1) is 0 Å². The van der Waals surface area contributed by atoms with Gasteiger partial charge in [-0.05, 0) is 19.4 Å². The molecule has 2 heterocycles. The van der Waals surface area contributed by atoms with E-state index in [1.165, 1.54) is 12.3 Å². The number of amides is 1. The molecule has 0 atom stereocenters. The zero-order valence-corrected chi connectivity index (χ0v) is 12.0. The van der Waals surface area contributed by atoms with Crippen LogP contribution in [0.1, 0.15) is 30.1 Å². The quantitative estimate of drug-likeness (QED) is 0.780. The predicted molar refractivity (Wildman–Crippen MR) is 74.6 cm³/mol. The summed E-state index contributed by atoms with van der Waals surface area (Å²) in [7, 11) is 0. The smallest absolute Gasteiger partial charge is 0.338 e. The van der Waals surface area contributed by atoms with Crippen molar-refractivity contribution in [2.45, 2.75) is 19.8 Å². The molecule has 1 N–H and O–H groups in total. The third-order valence-electron chi connectivity index (χ3n) is 2.98. The number of rotatable bonds is 6. The summed E-state index contributed by atoms with van der Waals surface area (Å²) in [6, 6.07) is 3.10. The lowest BCUT2D eigenvalue weighted by atomic mass is 10.2. The van der Waals surface area contributed by atoms with Crippen molar-refractivity contribution >= 4 is 11.9 Å². The van der Waals surface area contributed by atoms with E-state index in [4.69, 9.17) is 9.47 Å². The Labute approximate surface area is 123 Å². The molecular weight excluding hydrogens is 274 g/mol. The van der Waals surface area contributed by atoms with Crippen molar-refractivity contribution in [3.63, 3.8) is 0 Å². The molecule has 114 valence electrons. The van der Waals surface area contributed by atoms with Crippen LogP contribution < -0.4 is 10.2 Å². The van der Waals surface area contributed by atoms with Gasteiger partial charge in [0.25, 0.3) is 0 Å². The number of esters is 1. The second kappa shape index (κ2) is 7.58. The van der Waals surface area contributed by atoms with Gasteiger partial charge in [-0.25, -0.2) is 15.2 Å².